The van der Waals surface area contributed by atoms with Gasteiger partial charge in [-0.3, -0.25) is 4.79 Å². The van der Waals surface area contributed by atoms with Crippen LogP contribution in [0, 0.1) is 5.92 Å². The molecule has 0 saturated heterocycles. The lowest BCUT2D eigenvalue weighted by atomic mass is 10.0. The monoisotopic (exact) mass is 274 g/mol. The smallest absolute Gasteiger partial charge is 0.229 e. The van der Waals surface area contributed by atoms with Crippen molar-refractivity contribution >= 4 is 11.6 Å². The maximum absolute atomic E-state index is 12.2. The van der Waals surface area contributed by atoms with Crippen LogP contribution in [0.15, 0.2) is 24.3 Å². The molecular formula is C16H22N2O2. The van der Waals surface area contributed by atoms with Crippen LogP contribution in [-0.2, 0) is 9.53 Å². The minimum absolute atomic E-state index is 0.0569. The van der Waals surface area contributed by atoms with E-state index in [0.717, 1.165) is 36.8 Å². The molecule has 1 fully saturated rings. The maximum atomic E-state index is 12.2. The summed E-state index contributed by atoms with van der Waals surface area (Å²) in [5.41, 5.74) is 2.19. The van der Waals surface area contributed by atoms with Crippen LogP contribution < -0.4 is 10.6 Å². The highest BCUT2D eigenvalue weighted by Gasteiger charge is 2.27. The third-order valence-corrected chi connectivity index (χ3v) is 3.96. The highest BCUT2D eigenvalue weighted by atomic mass is 16.5. The fourth-order valence-corrected chi connectivity index (χ4v) is 2.56. The Morgan fingerprint density at radius 1 is 1.35 bits per heavy atom. The number of carbonyl (C=O) groups is 1. The summed E-state index contributed by atoms with van der Waals surface area (Å²) < 4.78 is 5.56. The average Bonchev–Trinajstić information content (AvgIpc) is 3.19. The Bertz CT molecular complexity index is 471. The second kappa shape index (κ2) is 6.27. The summed E-state index contributed by atoms with van der Waals surface area (Å²) in [6, 6.07) is 8.02. The summed E-state index contributed by atoms with van der Waals surface area (Å²) in [4.78, 5) is 12.2. The van der Waals surface area contributed by atoms with Gasteiger partial charge in [0.1, 0.15) is 0 Å². The molecule has 1 heterocycles. The zero-order valence-electron chi connectivity index (χ0n) is 11.7. The predicted molar refractivity (Wildman–Crippen MR) is 78.8 cm³/mol. The highest BCUT2D eigenvalue weighted by molar-refractivity contribution is 5.88. The first-order valence-corrected chi connectivity index (χ1v) is 7.53. The quantitative estimate of drug-likeness (QED) is 0.749. The molecule has 1 amide bonds. The first-order chi connectivity index (χ1) is 9.84. The Labute approximate surface area is 119 Å². The standard InChI is InChI=1S/C16H22N2O2/c19-16(17-8-3-9-20-11-12-6-7-12)14-10-18-15-5-2-1-4-13(14)15/h1-2,4-5,12,14,18H,3,6-11H2,(H,17,19). The van der Waals surface area contributed by atoms with E-state index in [4.69, 9.17) is 4.74 Å². The number of rotatable bonds is 7. The summed E-state index contributed by atoms with van der Waals surface area (Å²) in [6.45, 7) is 3.04. The Kier molecular flexibility index (Phi) is 4.21. The van der Waals surface area contributed by atoms with E-state index in [2.05, 4.69) is 10.6 Å². The Morgan fingerprint density at radius 2 is 2.20 bits per heavy atom. The average molecular weight is 274 g/mol. The van der Waals surface area contributed by atoms with Crippen LogP contribution in [0.25, 0.3) is 0 Å². The molecule has 0 spiro atoms. The number of nitrogens with one attached hydrogen (secondary N) is 2. The molecule has 2 N–H and O–H groups in total. The normalized spacial score (nSPS) is 20.3. The van der Waals surface area contributed by atoms with Crippen molar-refractivity contribution in [1.29, 1.82) is 0 Å². The van der Waals surface area contributed by atoms with Crippen molar-refractivity contribution in [3.63, 3.8) is 0 Å². The predicted octanol–water partition coefficient (Wildman–Crippen LogP) is 2.13. The van der Waals surface area contributed by atoms with E-state index in [1.165, 1.54) is 12.8 Å². The molecule has 0 aromatic heterocycles. The summed E-state index contributed by atoms with van der Waals surface area (Å²) in [7, 11) is 0. The van der Waals surface area contributed by atoms with Gasteiger partial charge in [-0.2, -0.15) is 0 Å². The molecule has 20 heavy (non-hydrogen) atoms. The maximum Gasteiger partial charge on any atom is 0.229 e. The molecule has 1 saturated carbocycles. The van der Waals surface area contributed by atoms with E-state index in [0.29, 0.717) is 13.1 Å². The van der Waals surface area contributed by atoms with Gasteiger partial charge in [0.2, 0.25) is 5.91 Å². The number of hydrogen-bond donors (Lipinski definition) is 2. The molecular weight excluding hydrogens is 252 g/mol. The molecule has 2 aliphatic rings. The highest BCUT2D eigenvalue weighted by Crippen LogP contribution is 2.31. The van der Waals surface area contributed by atoms with E-state index in [9.17, 15) is 4.79 Å². The van der Waals surface area contributed by atoms with E-state index < -0.39 is 0 Å². The second-order valence-corrected chi connectivity index (χ2v) is 5.68. The Morgan fingerprint density at radius 3 is 3.05 bits per heavy atom. The van der Waals surface area contributed by atoms with Gasteiger partial charge in [-0.15, -0.1) is 0 Å². The molecule has 0 bridgehead atoms. The summed E-state index contributed by atoms with van der Waals surface area (Å²) in [5, 5.41) is 6.29. The fraction of sp³-hybridized carbons (Fsp3) is 0.562. The number of carbonyl (C=O) groups excluding carboxylic acids is 1. The number of benzene rings is 1. The van der Waals surface area contributed by atoms with Gasteiger partial charge in [-0.05, 0) is 36.8 Å². The third kappa shape index (κ3) is 3.31. The van der Waals surface area contributed by atoms with E-state index >= 15 is 0 Å². The zero-order chi connectivity index (χ0) is 13.8. The molecule has 4 nitrogen and oxygen atoms in total. The second-order valence-electron chi connectivity index (χ2n) is 5.68. The van der Waals surface area contributed by atoms with Crippen molar-refractivity contribution in [2.75, 3.05) is 31.6 Å². The zero-order valence-corrected chi connectivity index (χ0v) is 11.7. The van der Waals surface area contributed by atoms with Gasteiger partial charge < -0.3 is 15.4 Å². The molecule has 1 aromatic rings. The van der Waals surface area contributed by atoms with Gasteiger partial charge >= 0.3 is 0 Å². The molecule has 3 rings (SSSR count). The SMILES string of the molecule is O=C(NCCCOCC1CC1)C1CNc2ccccc21. The van der Waals surface area contributed by atoms with Crippen molar-refractivity contribution in [2.45, 2.75) is 25.2 Å². The van der Waals surface area contributed by atoms with E-state index in [1.807, 2.05) is 24.3 Å². The Hall–Kier alpha value is -1.55. The Balaban J connectivity index is 1.37. The summed E-state index contributed by atoms with van der Waals surface area (Å²) in [5.74, 6) is 0.869. The van der Waals surface area contributed by atoms with Crippen LogP contribution in [0.5, 0.6) is 0 Å². The number of para-hydroxylation sites is 1. The fourth-order valence-electron chi connectivity index (χ4n) is 2.56. The molecule has 1 aromatic carbocycles. The van der Waals surface area contributed by atoms with Crippen molar-refractivity contribution in [1.82, 2.24) is 5.32 Å². The van der Waals surface area contributed by atoms with E-state index in [-0.39, 0.29) is 11.8 Å². The largest absolute Gasteiger partial charge is 0.384 e. The number of ether oxygens (including phenoxy) is 1. The van der Waals surface area contributed by atoms with Crippen LogP contribution in [0.4, 0.5) is 5.69 Å². The lowest BCUT2D eigenvalue weighted by molar-refractivity contribution is -0.122. The van der Waals surface area contributed by atoms with Gasteiger partial charge in [-0.25, -0.2) is 0 Å². The molecule has 1 aliphatic heterocycles. The van der Waals surface area contributed by atoms with E-state index in [1.54, 1.807) is 0 Å². The minimum atomic E-state index is -0.0569. The van der Waals surface area contributed by atoms with Gasteiger partial charge in [0.15, 0.2) is 0 Å². The van der Waals surface area contributed by atoms with Crippen LogP contribution in [0.3, 0.4) is 0 Å². The van der Waals surface area contributed by atoms with Crippen LogP contribution in [0.2, 0.25) is 0 Å². The molecule has 1 aliphatic carbocycles. The van der Waals surface area contributed by atoms with Crippen LogP contribution in [-0.4, -0.2) is 32.2 Å². The van der Waals surface area contributed by atoms with Gasteiger partial charge in [-0.1, -0.05) is 18.2 Å². The number of amides is 1. The molecule has 108 valence electrons. The lowest BCUT2D eigenvalue weighted by Gasteiger charge is -2.11. The molecule has 1 unspecified atom stereocenters. The van der Waals surface area contributed by atoms with Gasteiger partial charge in [0.05, 0.1) is 5.92 Å². The van der Waals surface area contributed by atoms with Crippen LogP contribution in [0.1, 0.15) is 30.7 Å². The molecule has 0 radical (unpaired) electrons. The van der Waals surface area contributed by atoms with Crippen molar-refractivity contribution in [3.8, 4) is 0 Å². The number of fused-ring (bicyclic) bond motifs is 1. The number of hydrogen-bond acceptors (Lipinski definition) is 3. The van der Waals surface area contributed by atoms with Gasteiger partial charge in [0, 0.05) is 32.0 Å². The van der Waals surface area contributed by atoms with Crippen molar-refractivity contribution in [3.05, 3.63) is 29.8 Å². The topological polar surface area (TPSA) is 50.4 Å². The van der Waals surface area contributed by atoms with Gasteiger partial charge in [0.25, 0.3) is 0 Å². The molecule has 4 heteroatoms. The van der Waals surface area contributed by atoms with Crippen molar-refractivity contribution in [2.24, 2.45) is 5.92 Å². The minimum Gasteiger partial charge on any atom is -0.384 e. The first kappa shape index (κ1) is 13.4. The van der Waals surface area contributed by atoms with Crippen molar-refractivity contribution < 1.29 is 9.53 Å². The molecule has 1 atom stereocenters. The summed E-state index contributed by atoms with van der Waals surface area (Å²) in [6.07, 6.45) is 3.54. The number of anilines is 1. The third-order valence-electron chi connectivity index (χ3n) is 3.96. The summed E-state index contributed by atoms with van der Waals surface area (Å²) >= 11 is 0. The van der Waals surface area contributed by atoms with Crippen LogP contribution >= 0.6 is 0 Å². The first-order valence-electron chi connectivity index (χ1n) is 7.53. The lowest BCUT2D eigenvalue weighted by Crippen LogP contribution is -2.31.